The van der Waals surface area contributed by atoms with Gasteiger partial charge in [0.25, 0.3) is 5.56 Å². The van der Waals surface area contributed by atoms with Crippen LogP contribution in [0.1, 0.15) is 29.4 Å². The molecule has 2 heterocycles. The van der Waals surface area contributed by atoms with E-state index in [1.54, 1.807) is 0 Å². The number of aromatic amines is 1. The summed E-state index contributed by atoms with van der Waals surface area (Å²) in [6.07, 6.45) is 2.59. The molecule has 0 radical (unpaired) electrons. The molecule has 2 N–H and O–H groups in total. The van der Waals surface area contributed by atoms with Crippen molar-refractivity contribution in [3.05, 3.63) is 39.8 Å². The Kier molecular flexibility index (Phi) is 1.74. The van der Waals surface area contributed by atoms with Gasteiger partial charge in [0.2, 0.25) is 0 Å². The smallest absolute Gasteiger partial charge is 0.266 e. The van der Waals surface area contributed by atoms with E-state index in [2.05, 4.69) is 27.4 Å². The average Bonchev–Trinajstić information content (AvgIpc) is 2.59. The second-order valence-electron chi connectivity index (χ2n) is 5.03. The summed E-state index contributed by atoms with van der Waals surface area (Å²) in [4.78, 5) is 18.4. The molecule has 2 aromatic rings. The van der Waals surface area contributed by atoms with Crippen molar-refractivity contribution in [3.8, 4) is 0 Å². The molecule has 0 spiro atoms. The van der Waals surface area contributed by atoms with E-state index < -0.39 is 0 Å². The average molecular weight is 227 g/mol. The molecule has 1 aromatic heterocycles. The summed E-state index contributed by atoms with van der Waals surface area (Å²) in [7, 11) is 0. The Morgan fingerprint density at radius 3 is 2.76 bits per heavy atom. The highest BCUT2D eigenvalue weighted by Crippen LogP contribution is 2.44. The third-order valence-corrected chi connectivity index (χ3v) is 4.01. The maximum atomic E-state index is 11.3. The molecule has 1 fully saturated rings. The van der Waals surface area contributed by atoms with Gasteiger partial charge in [0.1, 0.15) is 0 Å². The molecule has 1 saturated heterocycles. The topological polar surface area (TPSA) is 57.8 Å². The van der Waals surface area contributed by atoms with Crippen molar-refractivity contribution in [1.29, 1.82) is 0 Å². The fraction of sp³-hybridized carbons (Fsp3) is 0.385. The third-order valence-electron chi connectivity index (χ3n) is 4.01. The highest BCUT2D eigenvalue weighted by atomic mass is 16.1. The number of nitrogens with zero attached hydrogens (tertiary/aromatic N) is 1. The largest absolute Gasteiger partial charge is 0.319 e. The van der Waals surface area contributed by atoms with Gasteiger partial charge >= 0.3 is 0 Å². The van der Waals surface area contributed by atoms with Crippen LogP contribution in [0.3, 0.4) is 0 Å². The zero-order valence-electron chi connectivity index (χ0n) is 9.36. The van der Waals surface area contributed by atoms with Gasteiger partial charge in [-0.3, -0.25) is 4.79 Å². The number of fused-ring (bicyclic) bond motifs is 6. The van der Waals surface area contributed by atoms with E-state index in [0.717, 1.165) is 24.1 Å². The van der Waals surface area contributed by atoms with Gasteiger partial charge in [0, 0.05) is 13.1 Å². The number of aromatic nitrogens is 2. The van der Waals surface area contributed by atoms with Crippen LogP contribution < -0.4 is 10.9 Å². The second-order valence-corrected chi connectivity index (χ2v) is 5.03. The minimum absolute atomic E-state index is 0.128. The van der Waals surface area contributed by atoms with Gasteiger partial charge in [-0.15, -0.1) is 0 Å². The van der Waals surface area contributed by atoms with Crippen LogP contribution in [-0.4, -0.2) is 23.1 Å². The highest BCUT2D eigenvalue weighted by molar-refractivity contribution is 5.77. The monoisotopic (exact) mass is 227 g/mol. The van der Waals surface area contributed by atoms with Gasteiger partial charge in [-0.05, 0) is 41.5 Å². The van der Waals surface area contributed by atoms with E-state index in [9.17, 15) is 4.79 Å². The minimum Gasteiger partial charge on any atom is -0.319 e. The van der Waals surface area contributed by atoms with E-state index in [1.165, 1.54) is 23.7 Å². The Labute approximate surface area is 98.1 Å². The van der Waals surface area contributed by atoms with Crippen molar-refractivity contribution in [2.75, 3.05) is 13.1 Å². The standard InChI is InChI=1S/C13H13N3O/c17-13-6-15-11-2-9-7-1-8(5-14-4-7)10(9)3-12(11)16-13/h2-3,6-8,14H,1,4-5H2,(H,16,17). The predicted molar refractivity (Wildman–Crippen MR) is 65.3 cm³/mol. The zero-order valence-corrected chi connectivity index (χ0v) is 9.36. The molecule has 86 valence electrons. The Hall–Kier alpha value is -1.68. The number of benzene rings is 1. The Morgan fingerprint density at radius 1 is 1.18 bits per heavy atom. The quantitative estimate of drug-likeness (QED) is 0.708. The van der Waals surface area contributed by atoms with Crippen molar-refractivity contribution >= 4 is 11.0 Å². The molecule has 4 rings (SSSR count). The molecular weight excluding hydrogens is 214 g/mol. The van der Waals surface area contributed by atoms with E-state index in [4.69, 9.17) is 0 Å². The Balaban J connectivity index is 2.03. The first-order chi connectivity index (χ1) is 8.31. The summed E-state index contributed by atoms with van der Waals surface area (Å²) in [5.41, 5.74) is 4.46. The second kappa shape index (κ2) is 3.17. The van der Waals surface area contributed by atoms with Crippen LogP contribution in [-0.2, 0) is 0 Å². The number of piperidine rings is 1. The van der Waals surface area contributed by atoms with Gasteiger partial charge < -0.3 is 10.3 Å². The number of rotatable bonds is 0. The minimum atomic E-state index is -0.128. The summed E-state index contributed by atoms with van der Waals surface area (Å²) in [5, 5.41) is 3.47. The molecule has 2 unspecified atom stereocenters. The Morgan fingerprint density at radius 2 is 1.94 bits per heavy atom. The van der Waals surface area contributed by atoms with Crippen LogP contribution in [0, 0.1) is 0 Å². The third kappa shape index (κ3) is 1.27. The molecule has 2 aliphatic rings. The number of nitrogens with one attached hydrogen (secondary N) is 2. The van der Waals surface area contributed by atoms with Crippen LogP contribution in [0.25, 0.3) is 11.0 Å². The first kappa shape index (κ1) is 9.36. The highest BCUT2D eigenvalue weighted by Gasteiger charge is 2.34. The predicted octanol–water partition coefficient (Wildman–Crippen LogP) is 1.10. The van der Waals surface area contributed by atoms with E-state index in [-0.39, 0.29) is 5.56 Å². The Bertz CT molecular complexity index is 661. The van der Waals surface area contributed by atoms with Crippen molar-refractivity contribution in [3.63, 3.8) is 0 Å². The van der Waals surface area contributed by atoms with Gasteiger partial charge in [0.05, 0.1) is 17.2 Å². The van der Waals surface area contributed by atoms with Crippen LogP contribution in [0.15, 0.2) is 23.1 Å². The molecule has 2 bridgehead atoms. The maximum absolute atomic E-state index is 11.3. The zero-order chi connectivity index (χ0) is 11.4. The fourth-order valence-corrected chi connectivity index (χ4v) is 3.24. The summed E-state index contributed by atoms with van der Waals surface area (Å²) in [6, 6.07) is 4.27. The SMILES string of the molecule is O=c1cnc2cc3c(cc2[nH]1)C1CNCC3C1. The number of H-pyrrole nitrogens is 1. The lowest BCUT2D eigenvalue weighted by molar-refractivity contribution is 0.454. The van der Waals surface area contributed by atoms with E-state index in [0.29, 0.717) is 11.8 Å². The lowest BCUT2D eigenvalue weighted by Gasteiger charge is -2.19. The summed E-state index contributed by atoms with van der Waals surface area (Å²) in [5.74, 6) is 1.23. The first-order valence-corrected chi connectivity index (χ1v) is 6.05. The van der Waals surface area contributed by atoms with Crippen molar-refractivity contribution in [2.45, 2.75) is 18.3 Å². The van der Waals surface area contributed by atoms with Gasteiger partial charge in [0.15, 0.2) is 0 Å². The molecule has 0 saturated carbocycles. The van der Waals surface area contributed by atoms with Crippen LogP contribution in [0.4, 0.5) is 0 Å². The molecule has 4 nitrogen and oxygen atoms in total. The van der Waals surface area contributed by atoms with Gasteiger partial charge in [-0.25, -0.2) is 4.98 Å². The molecule has 4 heteroatoms. The number of hydrogen-bond donors (Lipinski definition) is 2. The van der Waals surface area contributed by atoms with E-state index >= 15 is 0 Å². The maximum Gasteiger partial charge on any atom is 0.266 e. The van der Waals surface area contributed by atoms with Crippen molar-refractivity contribution in [1.82, 2.24) is 15.3 Å². The summed E-state index contributed by atoms with van der Waals surface area (Å²) < 4.78 is 0. The van der Waals surface area contributed by atoms with Crippen molar-refractivity contribution in [2.24, 2.45) is 0 Å². The van der Waals surface area contributed by atoms with Gasteiger partial charge in [-0.2, -0.15) is 0 Å². The molecule has 0 amide bonds. The van der Waals surface area contributed by atoms with Crippen molar-refractivity contribution < 1.29 is 0 Å². The van der Waals surface area contributed by atoms with Gasteiger partial charge in [-0.1, -0.05) is 0 Å². The fourth-order valence-electron chi connectivity index (χ4n) is 3.24. The van der Waals surface area contributed by atoms with Crippen LogP contribution >= 0.6 is 0 Å². The van der Waals surface area contributed by atoms with E-state index in [1.807, 2.05) is 0 Å². The number of hydrogen-bond acceptors (Lipinski definition) is 3. The van der Waals surface area contributed by atoms with Crippen LogP contribution in [0.2, 0.25) is 0 Å². The molecular formula is C13H13N3O. The summed E-state index contributed by atoms with van der Waals surface area (Å²) >= 11 is 0. The van der Waals surface area contributed by atoms with Crippen LogP contribution in [0.5, 0.6) is 0 Å². The molecule has 17 heavy (non-hydrogen) atoms. The lowest BCUT2D eigenvalue weighted by atomic mass is 9.98. The first-order valence-electron chi connectivity index (χ1n) is 6.05. The molecule has 1 aromatic carbocycles. The lowest BCUT2D eigenvalue weighted by Crippen LogP contribution is -2.28. The summed E-state index contributed by atoms with van der Waals surface area (Å²) in [6.45, 7) is 2.12. The normalized spacial score (nSPS) is 26.1. The molecule has 2 atom stereocenters. The molecule has 1 aliphatic carbocycles. The molecule has 1 aliphatic heterocycles.